The molecule has 2 aliphatic heterocycles. The summed E-state index contributed by atoms with van der Waals surface area (Å²) in [6, 6.07) is 57.9. The van der Waals surface area contributed by atoms with E-state index in [0.29, 0.717) is 11.8 Å². The maximum atomic E-state index is 7.03. The summed E-state index contributed by atoms with van der Waals surface area (Å²) in [7, 11) is 0. The Morgan fingerprint density at radius 2 is 0.793 bits per heavy atom. The lowest BCUT2D eigenvalue weighted by molar-refractivity contribution is 0.443. The molecule has 0 N–H and O–H groups in total. The maximum absolute atomic E-state index is 7.03. The molecular formula is C54H48BNO2. The number of hydrogen-bond acceptors (Lipinski definition) is 3. The molecule has 2 heterocycles. The first-order valence-corrected chi connectivity index (χ1v) is 21.7. The van der Waals surface area contributed by atoms with Gasteiger partial charge in [0.05, 0.1) is 5.69 Å². The van der Waals surface area contributed by atoms with Crippen molar-refractivity contribution in [3.8, 4) is 45.3 Å². The molecule has 11 rings (SSSR count). The first kappa shape index (κ1) is 35.2. The minimum atomic E-state index is -0.0288. The Bertz CT molecular complexity index is 2400. The van der Waals surface area contributed by atoms with Gasteiger partial charge in [0.15, 0.2) is 0 Å². The Hall–Kier alpha value is -6.00. The van der Waals surface area contributed by atoms with Gasteiger partial charge >= 0.3 is 0 Å². The van der Waals surface area contributed by atoms with Gasteiger partial charge in [0.25, 0.3) is 6.71 Å². The van der Waals surface area contributed by atoms with Crippen LogP contribution in [0, 0.1) is 0 Å². The van der Waals surface area contributed by atoms with E-state index in [4.69, 9.17) is 9.47 Å². The highest BCUT2D eigenvalue weighted by molar-refractivity contribution is 6.98. The molecule has 0 aromatic heterocycles. The monoisotopic (exact) mass is 753 g/mol. The van der Waals surface area contributed by atoms with Crippen molar-refractivity contribution in [2.24, 2.45) is 0 Å². The number of para-hydroxylation sites is 2. The zero-order valence-electron chi connectivity index (χ0n) is 33.1. The fourth-order valence-electron chi connectivity index (χ4n) is 10.3. The van der Waals surface area contributed by atoms with Gasteiger partial charge in [-0.1, -0.05) is 148 Å². The lowest BCUT2D eigenvalue weighted by atomic mass is 9.34. The Morgan fingerprint density at radius 3 is 1.22 bits per heavy atom. The number of hydrogen-bond donors (Lipinski definition) is 0. The number of rotatable bonds is 7. The van der Waals surface area contributed by atoms with Gasteiger partial charge < -0.3 is 14.4 Å². The molecule has 7 aromatic carbocycles. The van der Waals surface area contributed by atoms with Crippen molar-refractivity contribution in [3.63, 3.8) is 0 Å². The molecule has 0 amide bonds. The van der Waals surface area contributed by atoms with E-state index < -0.39 is 0 Å². The summed E-state index contributed by atoms with van der Waals surface area (Å²) in [5, 5.41) is 0. The lowest BCUT2D eigenvalue weighted by Crippen LogP contribution is -2.57. The standard InChI is InChI=1S/C54H48BNO2/c1-5-13-37(14-6-1)39-21-25-41(26-22-39)43-29-31-48-50(33-43)57-52-35-47(56(45-17-9-3-10-18-45)46-19-11-4-12-20-46)36-53-54(52)55(48)49-32-30-44(34-51(49)58-53)42-27-23-40(24-28-42)38-15-7-2-8-16-38/h3-4,9-12,17-38H,1-2,5-8,13-16H2. The zero-order chi connectivity index (χ0) is 38.4. The van der Waals surface area contributed by atoms with Gasteiger partial charge in [-0.15, -0.1) is 0 Å². The van der Waals surface area contributed by atoms with E-state index >= 15 is 0 Å². The Kier molecular flexibility index (Phi) is 9.14. The van der Waals surface area contributed by atoms with E-state index in [1.807, 2.05) is 0 Å². The largest absolute Gasteiger partial charge is 0.458 e. The molecule has 2 fully saturated rings. The maximum Gasteiger partial charge on any atom is 0.260 e. The first-order valence-electron chi connectivity index (χ1n) is 21.7. The fraction of sp³-hybridized carbons (Fsp3) is 0.222. The van der Waals surface area contributed by atoms with E-state index in [-0.39, 0.29) is 6.71 Å². The molecule has 4 aliphatic rings. The summed E-state index contributed by atoms with van der Waals surface area (Å²) >= 11 is 0. The third kappa shape index (κ3) is 6.49. The summed E-state index contributed by atoms with van der Waals surface area (Å²) in [6.07, 6.45) is 13.4. The van der Waals surface area contributed by atoms with Crippen LogP contribution in [0.5, 0.6) is 23.0 Å². The molecule has 58 heavy (non-hydrogen) atoms. The van der Waals surface area contributed by atoms with Gasteiger partial charge in [-0.25, -0.2) is 0 Å². The summed E-state index contributed by atoms with van der Waals surface area (Å²) in [5.74, 6) is 4.84. The fourth-order valence-corrected chi connectivity index (χ4v) is 10.3. The number of ether oxygens (including phenoxy) is 2. The molecule has 2 aliphatic carbocycles. The average molecular weight is 754 g/mol. The van der Waals surface area contributed by atoms with Crippen LogP contribution < -0.4 is 30.8 Å². The van der Waals surface area contributed by atoms with Crippen molar-refractivity contribution >= 4 is 40.2 Å². The van der Waals surface area contributed by atoms with E-state index in [9.17, 15) is 0 Å². The van der Waals surface area contributed by atoms with Crippen LogP contribution in [0.25, 0.3) is 22.3 Å². The molecule has 0 saturated heterocycles. The Morgan fingerprint density at radius 1 is 0.379 bits per heavy atom. The van der Waals surface area contributed by atoms with Crippen LogP contribution in [0.1, 0.15) is 87.2 Å². The van der Waals surface area contributed by atoms with Crippen molar-refractivity contribution < 1.29 is 9.47 Å². The molecule has 0 bridgehead atoms. The lowest BCUT2D eigenvalue weighted by Gasteiger charge is -2.35. The summed E-state index contributed by atoms with van der Waals surface area (Å²) in [6.45, 7) is -0.0288. The molecular weight excluding hydrogens is 705 g/mol. The summed E-state index contributed by atoms with van der Waals surface area (Å²) < 4.78 is 14.1. The van der Waals surface area contributed by atoms with Gasteiger partial charge in [0, 0.05) is 29.0 Å². The molecule has 2 saturated carbocycles. The zero-order valence-corrected chi connectivity index (χ0v) is 33.1. The van der Waals surface area contributed by atoms with Crippen LogP contribution in [-0.2, 0) is 0 Å². The molecule has 0 spiro atoms. The molecule has 0 unspecified atom stereocenters. The molecule has 4 heteroatoms. The van der Waals surface area contributed by atoms with Gasteiger partial charge in [-0.3, -0.25) is 0 Å². The third-order valence-electron chi connectivity index (χ3n) is 13.4. The third-order valence-corrected chi connectivity index (χ3v) is 13.4. The molecule has 0 atom stereocenters. The smallest absolute Gasteiger partial charge is 0.260 e. The van der Waals surface area contributed by atoms with Gasteiger partial charge in [-0.05, 0) is 118 Å². The number of anilines is 3. The van der Waals surface area contributed by atoms with E-state index in [1.165, 1.54) is 109 Å². The molecule has 3 nitrogen and oxygen atoms in total. The number of nitrogens with zero attached hydrogens (tertiary/aromatic N) is 1. The topological polar surface area (TPSA) is 21.7 Å². The van der Waals surface area contributed by atoms with Crippen molar-refractivity contribution in [1.82, 2.24) is 0 Å². The van der Waals surface area contributed by atoms with Gasteiger partial charge in [0.2, 0.25) is 0 Å². The highest BCUT2D eigenvalue weighted by Gasteiger charge is 2.41. The minimum Gasteiger partial charge on any atom is -0.458 e. The molecule has 0 radical (unpaired) electrons. The molecule has 7 aromatic rings. The summed E-state index contributed by atoms with van der Waals surface area (Å²) in [5.41, 5.74) is 14.3. The van der Waals surface area contributed by atoms with Crippen LogP contribution in [0.4, 0.5) is 17.1 Å². The minimum absolute atomic E-state index is 0.0288. The van der Waals surface area contributed by atoms with Crippen molar-refractivity contribution in [2.75, 3.05) is 4.90 Å². The van der Waals surface area contributed by atoms with Crippen LogP contribution in [0.15, 0.2) is 158 Å². The van der Waals surface area contributed by atoms with Crippen LogP contribution >= 0.6 is 0 Å². The predicted molar refractivity (Wildman–Crippen MR) is 241 cm³/mol. The van der Waals surface area contributed by atoms with E-state index in [1.54, 1.807) is 0 Å². The second-order valence-electron chi connectivity index (χ2n) is 16.9. The quantitative estimate of drug-likeness (QED) is 0.151. The van der Waals surface area contributed by atoms with Crippen LogP contribution in [-0.4, -0.2) is 6.71 Å². The average Bonchev–Trinajstić information content (AvgIpc) is 3.30. The second kappa shape index (κ2) is 15.1. The van der Waals surface area contributed by atoms with E-state index in [2.05, 4.69) is 163 Å². The van der Waals surface area contributed by atoms with Gasteiger partial charge in [-0.2, -0.15) is 0 Å². The van der Waals surface area contributed by atoms with Crippen molar-refractivity contribution in [2.45, 2.75) is 76.0 Å². The second-order valence-corrected chi connectivity index (χ2v) is 16.9. The normalized spacial score (nSPS) is 16.0. The highest BCUT2D eigenvalue weighted by atomic mass is 16.5. The van der Waals surface area contributed by atoms with Crippen LogP contribution in [0.2, 0.25) is 0 Å². The summed E-state index contributed by atoms with van der Waals surface area (Å²) in [4.78, 5) is 2.29. The predicted octanol–water partition coefficient (Wildman–Crippen LogP) is 13.3. The molecule has 284 valence electrons. The van der Waals surface area contributed by atoms with Crippen molar-refractivity contribution in [3.05, 3.63) is 169 Å². The SMILES string of the molecule is c1ccc(N(c2ccccc2)c2cc3c4c(c2)Oc2cc(-c5ccc(C6CCCCC6)cc5)ccc2B4c2ccc(-c4ccc(C5CCCCC5)cc4)cc2O3)cc1. The number of benzene rings is 7. The van der Waals surface area contributed by atoms with Crippen LogP contribution in [0.3, 0.4) is 0 Å². The Balaban J connectivity index is 1.01. The first-order chi connectivity index (χ1) is 28.7. The van der Waals surface area contributed by atoms with Crippen molar-refractivity contribution in [1.29, 1.82) is 0 Å². The Labute approximate surface area is 343 Å². The van der Waals surface area contributed by atoms with E-state index in [0.717, 1.165) is 45.5 Å². The number of fused-ring (bicyclic) bond motifs is 4. The highest BCUT2D eigenvalue weighted by Crippen LogP contribution is 2.44. The van der Waals surface area contributed by atoms with Gasteiger partial charge in [0.1, 0.15) is 23.0 Å².